The monoisotopic (exact) mass is 386 g/mol. The Labute approximate surface area is 138 Å². The molecule has 1 aliphatic heterocycles. The van der Waals surface area contributed by atoms with Gasteiger partial charge in [-0.3, -0.25) is 0 Å². The Morgan fingerprint density at radius 2 is 1.52 bits per heavy atom. The second-order valence-electron chi connectivity index (χ2n) is 9.65. The summed E-state index contributed by atoms with van der Waals surface area (Å²) in [7, 11) is 0.147. The zero-order valence-electron chi connectivity index (χ0n) is 16.2. The van der Waals surface area contributed by atoms with Gasteiger partial charge in [-0.2, -0.15) is 0 Å². The summed E-state index contributed by atoms with van der Waals surface area (Å²) in [5, 5.41) is 0.907. The average molecular weight is 386 g/mol. The molecule has 0 amide bonds. The number of hydrogen-bond acceptors (Lipinski definition) is 0. The molecule has 0 aromatic rings. The molecule has 1 aliphatic rings. The molecule has 0 N–H and O–H groups in total. The van der Waals surface area contributed by atoms with E-state index in [2.05, 4.69) is 85.2 Å². The average Bonchev–Trinajstić information content (AvgIpc) is 2.23. The maximum atomic E-state index is 3.95. The molecule has 0 saturated heterocycles. The molecule has 0 aromatic carbocycles. The van der Waals surface area contributed by atoms with Crippen LogP contribution in [-0.2, 0) is 0 Å². The summed E-state index contributed by atoms with van der Waals surface area (Å²) >= 11 is 0. The van der Waals surface area contributed by atoms with Crippen LogP contribution in [0.2, 0.25) is 0 Å². The van der Waals surface area contributed by atoms with E-state index >= 15 is 0 Å². The minimum absolute atomic E-state index is 0.0629. The normalized spacial score (nSPS) is 41.9. The van der Waals surface area contributed by atoms with Crippen LogP contribution in [0.5, 0.6) is 0 Å². The van der Waals surface area contributed by atoms with E-state index in [1.165, 1.54) is 5.90 Å². The molecule has 128 valence electrons. The topological polar surface area (TPSA) is 0 Å². The zero-order valence-corrected chi connectivity index (χ0v) is 20.9. The predicted molar refractivity (Wildman–Crippen MR) is 122 cm³/mol. The Morgan fingerprint density at radius 3 is 1.95 bits per heavy atom. The first kappa shape index (κ1) is 20.8. The Balaban J connectivity index is 3.64. The van der Waals surface area contributed by atoms with Crippen molar-refractivity contribution < 1.29 is 0 Å². The van der Waals surface area contributed by atoms with Gasteiger partial charge in [0, 0.05) is 0 Å². The molecular weight excluding hydrogens is 347 g/mol. The van der Waals surface area contributed by atoms with Crippen molar-refractivity contribution in [3.63, 3.8) is 0 Å². The van der Waals surface area contributed by atoms with E-state index in [1.54, 1.807) is 0 Å². The summed E-state index contributed by atoms with van der Waals surface area (Å²) in [5.41, 5.74) is 7.73. The van der Waals surface area contributed by atoms with Gasteiger partial charge in [0.05, 0.1) is 0 Å². The van der Waals surface area contributed by atoms with Gasteiger partial charge in [0.1, 0.15) is 0 Å². The van der Waals surface area contributed by atoms with E-state index < -0.39 is 20.2 Å². The fraction of sp³-hybridized carbons (Fsp3) is 0.875. The van der Waals surface area contributed by atoms with Crippen LogP contribution in [0.25, 0.3) is 0 Å². The van der Waals surface area contributed by atoms with Gasteiger partial charge in [-0.05, 0) is 0 Å². The molecule has 3 atom stereocenters. The van der Waals surface area contributed by atoms with Gasteiger partial charge in [-0.25, -0.2) is 0 Å². The van der Waals surface area contributed by atoms with Crippen LogP contribution in [0, 0.1) is 17.2 Å². The van der Waals surface area contributed by atoms with E-state index in [1.807, 2.05) is 0 Å². The van der Waals surface area contributed by atoms with Crippen LogP contribution in [0.4, 0.5) is 0 Å². The first-order valence-corrected chi connectivity index (χ1v) is 23.6. The second-order valence-corrected chi connectivity index (χ2v) is 42.6. The van der Waals surface area contributed by atoms with Crippen molar-refractivity contribution >= 4 is 35.7 Å². The van der Waals surface area contributed by atoms with Crippen molar-refractivity contribution in [1.29, 1.82) is 0 Å². The van der Waals surface area contributed by atoms with Crippen LogP contribution >= 0.6 is 35.7 Å². The molecule has 0 aliphatic carbocycles. The van der Waals surface area contributed by atoms with Crippen molar-refractivity contribution in [3.8, 4) is 11.3 Å². The molecule has 1 rings (SSSR count). The minimum atomic E-state index is -1.92. The fourth-order valence-electron chi connectivity index (χ4n) is 4.72. The number of rotatable bonds is 1. The van der Waals surface area contributed by atoms with Crippen LogP contribution in [0.15, 0.2) is 0 Å². The van der Waals surface area contributed by atoms with Gasteiger partial charge in [0.25, 0.3) is 0 Å². The van der Waals surface area contributed by atoms with E-state index in [9.17, 15) is 0 Å². The van der Waals surface area contributed by atoms with Crippen molar-refractivity contribution in [2.75, 3.05) is 65.9 Å². The van der Waals surface area contributed by atoms with Gasteiger partial charge in [0.15, 0.2) is 0 Å². The predicted octanol–water partition coefficient (Wildman–Crippen LogP) is 6.37. The summed E-state index contributed by atoms with van der Waals surface area (Å²) in [5.74, 6) is 2.24. The Bertz CT molecular complexity index is 459. The first-order chi connectivity index (χ1) is 9.11. The summed E-state index contributed by atoms with van der Waals surface area (Å²) < 4.78 is 0. The summed E-state index contributed by atoms with van der Waals surface area (Å²) in [4.78, 5) is 0. The summed E-state index contributed by atoms with van der Waals surface area (Å²) in [6, 6.07) is 0. The molecule has 0 nitrogen and oxygen atoms in total. The van der Waals surface area contributed by atoms with Gasteiger partial charge in [-0.1, -0.05) is 0 Å². The van der Waals surface area contributed by atoms with Gasteiger partial charge < -0.3 is 0 Å². The Hall–Kier alpha value is 1.71. The Kier molecular flexibility index (Phi) is 6.14. The quantitative estimate of drug-likeness (QED) is 0.363. The molecule has 0 bridgehead atoms. The number of hydrogen-bond donors (Lipinski definition) is 0. The SMILES string of the molecule is CC(C)C1[PH](C)(C)[PH](C)(C)P(C)CP(C)C#CP1(C)(C)C. The zero-order chi connectivity index (χ0) is 16.9. The molecule has 3 unspecified atom stereocenters. The van der Waals surface area contributed by atoms with Crippen molar-refractivity contribution in [2.24, 2.45) is 5.92 Å². The molecule has 0 radical (unpaired) electrons. The van der Waals surface area contributed by atoms with Gasteiger partial charge >= 0.3 is 138 Å². The standard InChI is InChI=1S/C16H39P5/c1-15(2)16-19(5,6)20(7,8)18(4)14-17(3)12-13-21(16,9,10)11/h15-16,19-20H,14H2,1-11H3. The van der Waals surface area contributed by atoms with E-state index in [4.69, 9.17) is 0 Å². The third-order valence-electron chi connectivity index (χ3n) is 5.94. The first-order valence-electron chi connectivity index (χ1n) is 8.07. The van der Waals surface area contributed by atoms with Crippen molar-refractivity contribution in [1.82, 2.24) is 0 Å². The summed E-state index contributed by atoms with van der Waals surface area (Å²) in [6.07, 6.45) is 0. The third kappa shape index (κ3) is 4.04. The van der Waals surface area contributed by atoms with E-state index in [0.29, 0.717) is 0 Å². The molecule has 1 heterocycles. The summed E-state index contributed by atoms with van der Waals surface area (Å²) in [6.45, 7) is 24.3. The fourth-order valence-corrected chi connectivity index (χ4v) is 57.0. The van der Waals surface area contributed by atoms with Crippen LogP contribution in [-0.4, -0.2) is 71.3 Å². The van der Waals surface area contributed by atoms with Crippen molar-refractivity contribution in [3.05, 3.63) is 0 Å². The third-order valence-corrected chi connectivity index (χ3v) is 52.1. The maximum absolute atomic E-state index is 3.95. The molecular formula is C16H39P5. The molecule has 21 heavy (non-hydrogen) atoms. The second kappa shape index (κ2) is 6.21. The van der Waals surface area contributed by atoms with Gasteiger partial charge in [0.2, 0.25) is 0 Å². The molecule has 0 fully saturated rings. The van der Waals surface area contributed by atoms with Crippen LogP contribution in [0.1, 0.15) is 13.8 Å². The molecule has 0 spiro atoms. The van der Waals surface area contributed by atoms with Crippen LogP contribution in [0.3, 0.4) is 0 Å². The molecule has 0 aromatic heterocycles. The van der Waals surface area contributed by atoms with Crippen LogP contribution < -0.4 is 0 Å². The van der Waals surface area contributed by atoms with Gasteiger partial charge in [-0.15, -0.1) is 0 Å². The van der Waals surface area contributed by atoms with E-state index in [0.717, 1.165) is 11.3 Å². The molecule has 0 saturated carbocycles. The van der Waals surface area contributed by atoms with E-state index in [-0.39, 0.29) is 15.5 Å². The van der Waals surface area contributed by atoms with Crippen molar-refractivity contribution in [2.45, 2.75) is 19.2 Å². The molecule has 5 heteroatoms. The Morgan fingerprint density at radius 1 is 1.05 bits per heavy atom.